The molecule has 13 heavy (non-hydrogen) atoms. The van der Waals surface area contributed by atoms with E-state index in [-0.39, 0.29) is 0 Å². The second-order valence-electron chi connectivity index (χ2n) is 5.10. The maximum absolute atomic E-state index is 10.9. The minimum absolute atomic E-state index is 0.448. The lowest BCUT2D eigenvalue weighted by molar-refractivity contribution is -0.105. The first-order valence-electron chi connectivity index (χ1n) is 5.32. The van der Waals surface area contributed by atoms with E-state index < -0.39 is 0 Å². The summed E-state index contributed by atoms with van der Waals surface area (Å²) in [7, 11) is 0. The molecule has 2 rings (SSSR count). The van der Waals surface area contributed by atoms with Gasteiger partial charge in [-0.15, -0.1) is 0 Å². The fraction of sp³-hybridized carbons (Fsp3) is 0.750. The van der Waals surface area contributed by atoms with Crippen molar-refractivity contribution in [2.45, 2.75) is 46.0 Å². The molecule has 1 unspecified atom stereocenters. The zero-order valence-corrected chi connectivity index (χ0v) is 8.60. The fourth-order valence-electron chi connectivity index (χ4n) is 3.02. The molecule has 0 aromatic heterocycles. The molecule has 72 valence electrons. The molecular weight excluding hydrogens is 160 g/mol. The SMILES string of the molecule is CC1(C)CCC2=C(C=O)CCCC21. The molecule has 0 heterocycles. The summed E-state index contributed by atoms with van der Waals surface area (Å²) in [6.45, 7) is 4.69. The molecule has 0 bridgehead atoms. The Morgan fingerprint density at radius 2 is 2.15 bits per heavy atom. The first-order valence-corrected chi connectivity index (χ1v) is 5.32. The number of allylic oxidation sites excluding steroid dienone is 2. The summed E-state index contributed by atoms with van der Waals surface area (Å²) >= 11 is 0. The van der Waals surface area contributed by atoms with E-state index in [9.17, 15) is 4.79 Å². The molecule has 0 N–H and O–H groups in total. The van der Waals surface area contributed by atoms with Gasteiger partial charge in [-0.1, -0.05) is 19.4 Å². The Bertz CT molecular complexity index is 260. The van der Waals surface area contributed by atoms with Gasteiger partial charge in [0.25, 0.3) is 0 Å². The predicted molar refractivity (Wildman–Crippen MR) is 53.4 cm³/mol. The lowest BCUT2D eigenvalue weighted by Crippen LogP contribution is -2.21. The van der Waals surface area contributed by atoms with Gasteiger partial charge < -0.3 is 0 Å². The van der Waals surface area contributed by atoms with Crippen molar-refractivity contribution in [3.05, 3.63) is 11.1 Å². The minimum Gasteiger partial charge on any atom is -0.298 e. The third-order valence-corrected chi connectivity index (χ3v) is 3.90. The van der Waals surface area contributed by atoms with Gasteiger partial charge in [0, 0.05) is 0 Å². The minimum atomic E-state index is 0.448. The van der Waals surface area contributed by atoms with E-state index in [0.29, 0.717) is 11.3 Å². The van der Waals surface area contributed by atoms with E-state index in [2.05, 4.69) is 13.8 Å². The summed E-state index contributed by atoms with van der Waals surface area (Å²) in [5, 5.41) is 0. The average molecular weight is 178 g/mol. The Hall–Kier alpha value is -0.590. The van der Waals surface area contributed by atoms with Crippen molar-refractivity contribution >= 4 is 6.29 Å². The molecule has 0 aliphatic heterocycles. The van der Waals surface area contributed by atoms with Crippen molar-refractivity contribution < 1.29 is 4.79 Å². The van der Waals surface area contributed by atoms with Crippen molar-refractivity contribution in [3.63, 3.8) is 0 Å². The van der Waals surface area contributed by atoms with Crippen LogP contribution in [0, 0.1) is 11.3 Å². The highest BCUT2D eigenvalue weighted by molar-refractivity contribution is 5.75. The molecule has 1 nitrogen and oxygen atoms in total. The molecule has 0 aromatic rings. The average Bonchev–Trinajstić information content (AvgIpc) is 2.43. The number of carbonyl (C=O) groups excluding carboxylic acids is 1. The van der Waals surface area contributed by atoms with Crippen LogP contribution in [-0.2, 0) is 4.79 Å². The molecule has 0 saturated heterocycles. The molecule has 1 atom stereocenters. The van der Waals surface area contributed by atoms with Crippen LogP contribution in [0.3, 0.4) is 0 Å². The zero-order chi connectivity index (χ0) is 9.47. The topological polar surface area (TPSA) is 17.1 Å². The Kier molecular flexibility index (Phi) is 2.05. The second kappa shape index (κ2) is 2.97. The largest absolute Gasteiger partial charge is 0.298 e. The van der Waals surface area contributed by atoms with Gasteiger partial charge >= 0.3 is 0 Å². The van der Waals surface area contributed by atoms with Crippen LogP contribution in [0.2, 0.25) is 0 Å². The quantitative estimate of drug-likeness (QED) is 0.564. The second-order valence-corrected chi connectivity index (χ2v) is 5.10. The number of fused-ring (bicyclic) bond motifs is 1. The summed E-state index contributed by atoms with van der Waals surface area (Å²) in [6, 6.07) is 0. The van der Waals surface area contributed by atoms with Crippen LogP contribution in [0.5, 0.6) is 0 Å². The Balaban J connectivity index is 2.36. The highest BCUT2D eigenvalue weighted by atomic mass is 16.1. The van der Waals surface area contributed by atoms with Crippen molar-refractivity contribution in [2.24, 2.45) is 11.3 Å². The number of rotatable bonds is 1. The maximum atomic E-state index is 10.9. The number of carbonyl (C=O) groups is 1. The molecule has 1 heteroatoms. The molecule has 0 spiro atoms. The molecular formula is C12H18O. The standard InChI is InChI=1S/C12H18O/c1-12(2)7-6-10-9(8-13)4-3-5-11(10)12/h8,11H,3-7H2,1-2H3. The Labute approximate surface area is 80.2 Å². The van der Waals surface area contributed by atoms with E-state index >= 15 is 0 Å². The van der Waals surface area contributed by atoms with Crippen molar-refractivity contribution in [1.82, 2.24) is 0 Å². The monoisotopic (exact) mass is 178 g/mol. The molecule has 0 amide bonds. The third kappa shape index (κ3) is 1.34. The number of hydrogen-bond acceptors (Lipinski definition) is 1. The summed E-state index contributed by atoms with van der Waals surface area (Å²) < 4.78 is 0. The van der Waals surface area contributed by atoms with Gasteiger partial charge in [0.1, 0.15) is 6.29 Å². The summed E-state index contributed by atoms with van der Waals surface area (Å²) in [4.78, 5) is 10.9. The zero-order valence-electron chi connectivity index (χ0n) is 8.60. The van der Waals surface area contributed by atoms with Crippen molar-refractivity contribution in [1.29, 1.82) is 0 Å². The summed E-state index contributed by atoms with van der Waals surface area (Å²) in [6.07, 6.45) is 7.09. The lowest BCUT2D eigenvalue weighted by atomic mass is 9.74. The molecule has 0 aromatic carbocycles. The first-order chi connectivity index (χ1) is 6.15. The van der Waals surface area contributed by atoms with Gasteiger partial charge in [0.15, 0.2) is 0 Å². The third-order valence-electron chi connectivity index (χ3n) is 3.90. The van der Waals surface area contributed by atoms with Crippen LogP contribution in [-0.4, -0.2) is 6.29 Å². The van der Waals surface area contributed by atoms with Crippen LogP contribution in [0.15, 0.2) is 11.1 Å². The van der Waals surface area contributed by atoms with Gasteiger partial charge in [0.05, 0.1) is 0 Å². The fourth-order valence-corrected chi connectivity index (χ4v) is 3.02. The van der Waals surface area contributed by atoms with Crippen LogP contribution in [0.25, 0.3) is 0 Å². The van der Waals surface area contributed by atoms with Crippen molar-refractivity contribution in [2.75, 3.05) is 0 Å². The van der Waals surface area contributed by atoms with E-state index in [1.54, 1.807) is 0 Å². The van der Waals surface area contributed by atoms with Crippen LogP contribution < -0.4 is 0 Å². The number of aldehydes is 1. The first kappa shape index (κ1) is 8.98. The molecule has 2 aliphatic carbocycles. The maximum Gasteiger partial charge on any atom is 0.145 e. The molecule has 0 radical (unpaired) electrons. The van der Waals surface area contributed by atoms with Gasteiger partial charge in [-0.05, 0) is 49.0 Å². The lowest BCUT2D eigenvalue weighted by Gasteiger charge is -2.31. The predicted octanol–water partition coefficient (Wildman–Crippen LogP) is 3.10. The Morgan fingerprint density at radius 1 is 1.38 bits per heavy atom. The van der Waals surface area contributed by atoms with Crippen LogP contribution in [0.4, 0.5) is 0 Å². The van der Waals surface area contributed by atoms with Crippen LogP contribution in [0.1, 0.15) is 46.0 Å². The highest BCUT2D eigenvalue weighted by Crippen LogP contribution is 2.51. The van der Waals surface area contributed by atoms with E-state index in [1.165, 1.54) is 31.3 Å². The van der Waals surface area contributed by atoms with Gasteiger partial charge in [-0.3, -0.25) is 4.79 Å². The van der Waals surface area contributed by atoms with Gasteiger partial charge in [-0.2, -0.15) is 0 Å². The summed E-state index contributed by atoms with van der Waals surface area (Å²) in [5.74, 6) is 0.710. The number of hydrogen-bond donors (Lipinski definition) is 0. The highest BCUT2D eigenvalue weighted by Gasteiger charge is 2.40. The summed E-state index contributed by atoms with van der Waals surface area (Å²) in [5.41, 5.74) is 3.07. The van der Waals surface area contributed by atoms with Gasteiger partial charge in [-0.25, -0.2) is 0 Å². The molecule has 1 fully saturated rings. The molecule has 2 aliphatic rings. The normalized spacial score (nSPS) is 31.7. The van der Waals surface area contributed by atoms with Gasteiger partial charge in [0.2, 0.25) is 0 Å². The van der Waals surface area contributed by atoms with E-state index in [4.69, 9.17) is 0 Å². The Morgan fingerprint density at radius 3 is 2.85 bits per heavy atom. The van der Waals surface area contributed by atoms with E-state index in [0.717, 1.165) is 18.3 Å². The smallest absolute Gasteiger partial charge is 0.145 e. The molecule has 1 saturated carbocycles. The van der Waals surface area contributed by atoms with Crippen LogP contribution >= 0.6 is 0 Å². The van der Waals surface area contributed by atoms with E-state index in [1.807, 2.05) is 0 Å². The van der Waals surface area contributed by atoms with Crippen molar-refractivity contribution in [3.8, 4) is 0 Å².